The van der Waals surface area contributed by atoms with Gasteiger partial charge in [0.1, 0.15) is 10.7 Å². The first-order valence-corrected chi connectivity index (χ1v) is 9.04. The lowest BCUT2D eigenvalue weighted by Gasteiger charge is -2.02. The van der Waals surface area contributed by atoms with E-state index in [2.05, 4.69) is 20.6 Å². The highest BCUT2D eigenvalue weighted by Crippen LogP contribution is 2.34. The molecule has 1 aromatic carbocycles. The molecule has 0 aliphatic carbocycles. The second kappa shape index (κ2) is 7.12. The number of rotatable bonds is 5. The van der Waals surface area contributed by atoms with Gasteiger partial charge in [-0.25, -0.2) is 4.39 Å². The van der Waals surface area contributed by atoms with Crippen molar-refractivity contribution < 1.29 is 13.7 Å². The van der Waals surface area contributed by atoms with E-state index in [-0.39, 0.29) is 17.6 Å². The summed E-state index contributed by atoms with van der Waals surface area (Å²) in [5, 5.41) is 12.8. The van der Waals surface area contributed by atoms with Crippen LogP contribution >= 0.6 is 11.3 Å². The first-order valence-electron chi connectivity index (χ1n) is 8.16. The van der Waals surface area contributed by atoms with Gasteiger partial charge in [-0.3, -0.25) is 9.48 Å². The number of halogens is 1. The number of benzene rings is 1. The van der Waals surface area contributed by atoms with Crippen molar-refractivity contribution in [2.24, 2.45) is 0 Å². The Morgan fingerprint density at radius 1 is 1.26 bits per heavy atom. The molecule has 0 spiro atoms. The number of carbonyl (C=O) groups excluding carboxylic acids is 1. The van der Waals surface area contributed by atoms with Crippen molar-refractivity contribution >= 4 is 22.9 Å². The largest absolute Gasteiger partial charge is 0.333 e. The van der Waals surface area contributed by atoms with Gasteiger partial charge in [0.2, 0.25) is 5.82 Å². The van der Waals surface area contributed by atoms with Crippen molar-refractivity contribution in [1.82, 2.24) is 19.9 Å². The summed E-state index contributed by atoms with van der Waals surface area (Å²) < 4.78 is 20.1. The fourth-order valence-electron chi connectivity index (χ4n) is 2.45. The Labute approximate surface area is 157 Å². The molecule has 3 aromatic heterocycles. The van der Waals surface area contributed by atoms with Crippen LogP contribution in [0.25, 0.3) is 22.2 Å². The molecule has 0 unspecified atom stereocenters. The lowest BCUT2D eigenvalue weighted by molar-refractivity contribution is 0.102. The van der Waals surface area contributed by atoms with E-state index in [4.69, 9.17) is 4.52 Å². The number of aromatic nitrogens is 4. The minimum atomic E-state index is -0.337. The highest BCUT2D eigenvalue weighted by atomic mass is 32.1. The summed E-state index contributed by atoms with van der Waals surface area (Å²) in [6.07, 6.45) is 1.75. The molecule has 27 heavy (non-hydrogen) atoms. The summed E-state index contributed by atoms with van der Waals surface area (Å²) in [7, 11) is 0. The van der Waals surface area contributed by atoms with Crippen LogP contribution in [0, 0.1) is 5.82 Å². The fourth-order valence-corrected chi connectivity index (χ4v) is 3.22. The highest BCUT2D eigenvalue weighted by Gasteiger charge is 2.18. The molecule has 4 rings (SSSR count). The van der Waals surface area contributed by atoms with Crippen molar-refractivity contribution in [3.63, 3.8) is 0 Å². The van der Waals surface area contributed by atoms with Crippen LogP contribution in [0.1, 0.15) is 17.4 Å². The number of aryl methyl sites for hydroxylation is 1. The number of amides is 1. The standard InChI is InChI=1S/C18H14FN5O2S/c1-2-24-9-7-14(22-24)17(25)20-13-8-10-27-15(13)18-21-16(23-26-18)11-3-5-12(19)6-4-11/h3-10H,2H2,1H3,(H,20,25). The van der Waals surface area contributed by atoms with Crippen LogP contribution in [-0.2, 0) is 6.54 Å². The summed E-state index contributed by atoms with van der Waals surface area (Å²) in [6, 6.07) is 9.23. The third-order valence-corrected chi connectivity index (χ3v) is 4.74. The maximum atomic E-state index is 13.1. The predicted octanol–water partition coefficient (Wildman–Crippen LogP) is 4.07. The lowest BCUT2D eigenvalue weighted by Crippen LogP contribution is -2.13. The van der Waals surface area contributed by atoms with Crippen molar-refractivity contribution in [3.8, 4) is 22.2 Å². The summed E-state index contributed by atoms with van der Waals surface area (Å²) in [4.78, 5) is 17.4. The molecule has 0 radical (unpaired) electrons. The zero-order valence-corrected chi connectivity index (χ0v) is 15.0. The third-order valence-electron chi connectivity index (χ3n) is 3.83. The van der Waals surface area contributed by atoms with Gasteiger partial charge in [0.25, 0.3) is 11.8 Å². The number of carbonyl (C=O) groups is 1. The summed E-state index contributed by atoms with van der Waals surface area (Å²) in [5.74, 6) is -0.0348. The Balaban J connectivity index is 1.57. The average Bonchev–Trinajstić information content (AvgIpc) is 3.42. The zero-order chi connectivity index (χ0) is 18.8. The van der Waals surface area contributed by atoms with Gasteiger partial charge in [-0.2, -0.15) is 10.1 Å². The molecule has 0 aliphatic rings. The van der Waals surface area contributed by atoms with Gasteiger partial charge in [0.05, 0.1) is 5.69 Å². The van der Waals surface area contributed by atoms with E-state index >= 15 is 0 Å². The van der Waals surface area contributed by atoms with Crippen LogP contribution in [0.5, 0.6) is 0 Å². The van der Waals surface area contributed by atoms with Crippen LogP contribution in [0.4, 0.5) is 10.1 Å². The van der Waals surface area contributed by atoms with Crippen molar-refractivity contribution in [1.29, 1.82) is 0 Å². The molecule has 4 aromatic rings. The number of anilines is 1. The smallest absolute Gasteiger partial charge is 0.276 e. The molecule has 0 saturated heterocycles. The summed E-state index contributed by atoms with van der Waals surface area (Å²) >= 11 is 1.36. The van der Waals surface area contributed by atoms with E-state index in [1.54, 1.807) is 35.1 Å². The van der Waals surface area contributed by atoms with Gasteiger partial charge in [0.15, 0.2) is 5.69 Å². The van der Waals surface area contributed by atoms with E-state index < -0.39 is 0 Å². The minimum absolute atomic E-state index is 0.277. The molecule has 7 nitrogen and oxygen atoms in total. The number of nitrogens with zero attached hydrogens (tertiary/aromatic N) is 4. The number of nitrogens with one attached hydrogen (secondary N) is 1. The Morgan fingerprint density at radius 2 is 2.07 bits per heavy atom. The minimum Gasteiger partial charge on any atom is -0.333 e. The van der Waals surface area contributed by atoms with E-state index in [0.29, 0.717) is 34.2 Å². The van der Waals surface area contributed by atoms with Gasteiger partial charge in [0, 0.05) is 18.3 Å². The van der Waals surface area contributed by atoms with Crippen LogP contribution in [0.15, 0.2) is 52.5 Å². The lowest BCUT2D eigenvalue weighted by atomic mass is 10.2. The molecule has 0 fully saturated rings. The molecule has 0 bridgehead atoms. The van der Waals surface area contributed by atoms with Gasteiger partial charge in [-0.05, 0) is 48.7 Å². The summed E-state index contributed by atoms with van der Waals surface area (Å²) in [6.45, 7) is 2.63. The summed E-state index contributed by atoms with van der Waals surface area (Å²) in [5.41, 5.74) is 1.52. The normalized spacial score (nSPS) is 10.9. The molecule has 136 valence electrons. The molecule has 9 heteroatoms. The Morgan fingerprint density at radius 3 is 2.81 bits per heavy atom. The monoisotopic (exact) mass is 383 g/mol. The predicted molar refractivity (Wildman–Crippen MR) is 98.9 cm³/mol. The Hall–Kier alpha value is -3.33. The van der Waals surface area contributed by atoms with E-state index in [1.165, 1.54) is 23.5 Å². The molecular formula is C18H14FN5O2S. The first kappa shape index (κ1) is 17.1. The fraction of sp³-hybridized carbons (Fsp3) is 0.111. The average molecular weight is 383 g/mol. The molecule has 0 aliphatic heterocycles. The topological polar surface area (TPSA) is 85.8 Å². The van der Waals surface area contributed by atoms with Gasteiger partial charge in [-0.1, -0.05) is 5.16 Å². The zero-order valence-electron chi connectivity index (χ0n) is 14.2. The van der Waals surface area contributed by atoms with Crippen molar-refractivity contribution in [2.45, 2.75) is 13.5 Å². The number of thiophene rings is 1. The number of hydrogen-bond acceptors (Lipinski definition) is 6. The molecule has 3 heterocycles. The van der Waals surface area contributed by atoms with Crippen LogP contribution in [-0.4, -0.2) is 25.8 Å². The van der Waals surface area contributed by atoms with E-state index in [0.717, 1.165) is 0 Å². The maximum Gasteiger partial charge on any atom is 0.276 e. The van der Waals surface area contributed by atoms with Crippen LogP contribution in [0.3, 0.4) is 0 Å². The number of hydrogen-bond donors (Lipinski definition) is 1. The third kappa shape index (κ3) is 3.49. The van der Waals surface area contributed by atoms with E-state index in [9.17, 15) is 9.18 Å². The van der Waals surface area contributed by atoms with Crippen molar-refractivity contribution in [2.75, 3.05) is 5.32 Å². The molecular weight excluding hydrogens is 369 g/mol. The molecule has 0 atom stereocenters. The quantitative estimate of drug-likeness (QED) is 0.561. The molecule has 0 saturated carbocycles. The van der Waals surface area contributed by atoms with Gasteiger partial charge in [-0.15, -0.1) is 11.3 Å². The molecule has 1 N–H and O–H groups in total. The van der Waals surface area contributed by atoms with E-state index in [1.807, 2.05) is 12.3 Å². The Kier molecular flexibility index (Phi) is 4.51. The second-order valence-electron chi connectivity index (χ2n) is 5.60. The van der Waals surface area contributed by atoms with Crippen LogP contribution < -0.4 is 5.32 Å². The first-order chi connectivity index (χ1) is 13.1. The van der Waals surface area contributed by atoms with Crippen molar-refractivity contribution in [3.05, 3.63) is 59.5 Å². The molecule has 1 amide bonds. The second-order valence-corrected chi connectivity index (χ2v) is 6.52. The highest BCUT2D eigenvalue weighted by molar-refractivity contribution is 7.14. The SMILES string of the molecule is CCn1ccc(C(=O)Nc2ccsc2-c2nc(-c3ccc(F)cc3)no2)n1. The Bertz CT molecular complexity index is 1080. The van der Waals surface area contributed by atoms with Gasteiger partial charge < -0.3 is 9.84 Å². The van der Waals surface area contributed by atoms with Gasteiger partial charge >= 0.3 is 0 Å². The van der Waals surface area contributed by atoms with Crippen LogP contribution in [0.2, 0.25) is 0 Å². The maximum absolute atomic E-state index is 13.1.